The number of benzene rings is 1. The summed E-state index contributed by atoms with van der Waals surface area (Å²) < 4.78 is 0. The van der Waals surface area contributed by atoms with E-state index >= 15 is 0 Å². The number of nitrogens with one attached hydrogen (secondary N) is 1. The van der Waals surface area contributed by atoms with E-state index in [2.05, 4.69) is 69.3 Å². The van der Waals surface area contributed by atoms with Crippen LogP contribution in [0, 0.1) is 0 Å². The van der Waals surface area contributed by atoms with Crippen LogP contribution in [-0.2, 0) is 0 Å². The molecule has 2 nitrogen and oxygen atoms in total. The van der Waals surface area contributed by atoms with Gasteiger partial charge in [-0.05, 0) is 38.1 Å². The zero-order valence-corrected chi connectivity index (χ0v) is 11.8. The summed E-state index contributed by atoms with van der Waals surface area (Å²) in [4.78, 5) is 2.20. The Hall–Kier alpha value is -0.860. The fraction of sp³-hybridized carbons (Fsp3) is 0.600. The smallest absolute Gasteiger partial charge is 0.0292 e. The normalized spacial score (nSPS) is 13.4. The molecule has 1 aromatic rings. The van der Waals surface area contributed by atoms with Gasteiger partial charge in [0.25, 0.3) is 0 Å². The lowest BCUT2D eigenvalue weighted by atomic mass is 10.00. The Morgan fingerprint density at radius 2 is 1.53 bits per heavy atom. The number of hydrogen-bond donors (Lipinski definition) is 1. The first-order valence-electron chi connectivity index (χ1n) is 6.48. The third kappa shape index (κ3) is 4.88. The molecule has 1 rings (SSSR count). The average molecular weight is 234 g/mol. The summed E-state index contributed by atoms with van der Waals surface area (Å²) in [5.41, 5.74) is 2.78. The average Bonchev–Trinajstić information content (AvgIpc) is 2.28. The number of hydrogen-bond acceptors (Lipinski definition) is 2. The maximum atomic E-state index is 3.54. The Kier molecular flexibility index (Phi) is 5.66. The van der Waals surface area contributed by atoms with Gasteiger partial charge >= 0.3 is 0 Å². The Morgan fingerprint density at radius 1 is 1.00 bits per heavy atom. The summed E-state index contributed by atoms with van der Waals surface area (Å²) in [6.07, 6.45) is 0. The second-order valence-corrected chi connectivity index (χ2v) is 5.30. The van der Waals surface area contributed by atoms with Gasteiger partial charge in [-0.2, -0.15) is 0 Å². The fourth-order valence-electron chi connectivity index (χ4n) is 1.79. The van der Waals surface area contributed by atoms with Crippen LogP contribution in [0.15, 0.2) is 24.3 Å². The fourth-order valence-corrected chi connectivity index (χ4v) is 1.79. The molecule has 17 heavy (non-hydrogen) atoms. The zero-order chi connectivity index (χ0) is 12.8. The molecule has 0 aliphatic heterocycles. The van der Waals surface area contributed by atoms with Gasteiger partial charge in [-0.25, -0.2) is 0 Å². The quantitative estimate of drug-likeness (QED) is 0.814. The van der Waals surface area contributed by atoms with Crippen LogP contribution >= 0.6 is 0 Å². The summed E-state index contributed by atoms with van der Waals surface area (Å²) in [5, 5.41) is 3.54. The molecule has 0 aromatic heterocycles. The summed E-state index contributed by atoms with van der Waals surface area (Å²) in [7, 11) is 4.20. The first kappa shape index (κ1) is 14.2. The van der Waals surface area contributed by atoms with Crippen LogP contribution in [0.3, 0.4) is 0 Å². The van der Waals surface area contributed by atoms with Crippen LogP contribution in [0.1, 0.15) is 43.9 Å². The number of nitrogens with zero attached hydrogens (tertiary/aromatic N) is 1. The van der Waals surface area contributed by atoms with Crippen LogP contribution in [0.5, 0.6) is 0 Å². The van der Waals surface area contributed by atoms with Gasteiger partial charge < -0.3 is 10.2 Å². The van der Waals surface area contributed by atoms with Gasteiger partial charge in [-0.15, -0.1) is 0 Å². The molecule has 1 aromatic carbocycles. The monoisotopic (exact) mass is 234 g/mol. The third-order valence-electron chi connectivity index (χ3n) is 3.11. The molecule has 1 N–H and O–H groups in total. The van der Waals surface area contributed by atoms with Crippen LogP contribution in [0.4, 0.5) is 0 Å². The van der Waals surface area contributed by atoms with Crippen LogP contribution in [0.25, 0.3) is 0 Å². The van der Waals surface area contributed by atoms with Crippen molar-refractivity contribution in [3.05, 3.63) is 35.4 Å². The maximum Gasteiger partial charge on any atom is 0.0292 e. The summed E-state index contributed by atoms with van der Waals surface area (Å²) in [6.45, 7) is 8.79. The van der Waals surface area contributed by atoms with E-state index in [1.165, 1.54) is 11.1 Å². The van der Waals surface area contributed by atoms with Crippen molar-refractivity contribution in [1.82, 2.24) is 10.2 Å². The Balaban J connectivity index is 2.48. The second kappa shape index (κ2) is 6.77. The predicted molar refractivity (Wildman–Crippen MR) is 75.5 cm³/mol. The lowest BCUT2D eigenvalue weighted by Gasteiger charge is -2.17. The maximum absolute atomic E-state index is 3.54. The second-order valence-electron chi connectivity index (χ2n) is 5.30. The van der Waals surface area contributed by atoms with Gasteiger partial charge in [0.2, 0.25) is 0 Å². The molecule has 96 valence electrons. The molecule has 1 unspecified atom stereocenters. The topological polar surface area (TPSA) is 15.3 Å². The SMILES string of the molecule is CC(C)c1ccc(C(C)NCCN(C)C)cc1. The Bertz CT molecular complexity index is 314. The Labute approximate surface area is 106 Å². The summed E-state index contributed by atoms with van der Waals surface area (Å²) in [5.74, 6) is 0.612. The molecule has 0 fully saturated rings. The lowest BCUT2D eigenvalue weighted by Crippen LogP contribution is -2.28. The first-order valence-corrected chi connectivity index (χ1v) is 6.48. The van der Waals surface area contributed by atoms with Crippen molar-refractivity contribution in [2.45, 2.75) is 32.7 Å². The molecule has 0 saturated carbocycles. The van der Waals surface area contributed by atoms with Crippen molar-refractivity contribution in [3.8, 4) is 0 Å². The van der Waals surface area contributed by atoms with Gasteiger partial charge in [0.1, 0.15) is 0 Å². The zero-order valence-electron chi connectivity index (χ0n) is 11.8. The molecule has 0 saturated heterocycles. The van der Waals surface area contributed by atoms with E-state index in [4.69, 9.17) is 0 Å². The van der Waals surface area contributed by atoms with E-state index in [0.717, 1.165) is 13.1 Å². The molecule has 0 radical (unpaired) electrons. The standard InChI is InChI=1S/C15H26N2/c1-12(2)14-6-8-15(9-7-14)13(3)16-10-11-17(4)5/h6-9,12-13,16H,10-11H2,1-5H3. The van der Waals surface area contributed by atoms with Gasteiger partial charge in [-0.3, -0.25) is 0 Å². The van der Waals surface area contributed by atoms with Crippen molar-refractivity contribution >= 4 is 0 Å². The molecule has 0 aliphatic carbocycles. The van der Waals surface area contributed by atoms with Crippen molar-refractivity contribution in [2.75, 3.05) is 27.2 Å². The highest BCUT2D eigenvalue weighted by Crippen LogP contribution is 2.18. The largest absolute Gasteiger partial charge is 0.309 e. The Morgan fingerprint density at radius 3 is 2.00 bits per heavy atom. The molecule has 0 spiro atoms. The van der Waals surface area contributed by atoms with Crippen LogP contribution < -0.4 is 5.32 Å². The van der Waals surface area contributed by atoms with E-state index < -0.39 is 0 Å². The van der Waals surface area contributed by atoms with Gasteiger partial charge in [0.15, 0.2) is 0 Å². The van der Waals surface area contributed by atoms with Crippen molar-refractivity contribution in [3.63, 3.8) is 0 Å². The highest BCUT2D eigenvalue weighted by atomic mass is 15.1. The molecule has 0 bridgehead atoms. The summed E-state index contributed by atoms with van der Waals surface area (Å²) >= 11 is 0. The summed E-state index contributed by atoms with van der Waals surface area (Å²) in [6, 6.07) is 9.38. The highest BCUT2D eigenvalue weighted by molar-refractivity contribution is 5.26. The van der Waals surface area contributed by atoms with Crippen molar-refractivity contribution < 1.29 is 0 Å². The van der Waals surface area contributed by atoms with E-state index in [-0.39, 0.29) is 0 Å². The highest BCUT2D eigenvalue weighted by Gasteiger charge is 2.05. The minimum absolute atomic E-state index is 0.427. The van der Waals surface area contributed by atoms with Gasteiger partial charge in [0, 0.05) is 19.1 Å². The molecular weight excluding hydrogens is 208 g/mol. The molecular formula is C15H26N2. The third-order valence-corrected chi connectivity index (χ3v) is 3.11. The lowest BCUT2D eigenvalue weighted by molar-refractivity contribution is 0.389. The molecule has 0 aliphatic rings. The molecule has 0 amide bonds. The van der Waals surface area contributed by atoms with E-state index in [0.29, 0.717) is 12.0 Å². The van der Waals surface area contributed by atoms with E-state index in [1.54, 1.807) is 0 Å². The van der Waals surface area contributed by atoms with E-state index in [9.17, 15) is 0 Å². The van der Waals surface area contributed by atoms with Gasteiger partial charge in [0.05, 0.1) is 0 Å². The first-order chi connectivity index (χ1) is 8.00. The minimum Gasteiger partial charge on any atom is -0.309 e. The molecule has 0 heterocycles. The number of likely N-dealkylation sites (N-methyl/N-ethyl adjacent to an activating group) is 1. The van der Waals surface area contributed by atoms with Crippen LogP contribution in [0.2, 0.25) is 0 Å². The van der Waals surface area contributed by atoms with Crippen molar-refractivity contribution in [2.24, 2.45) is 0 Å². The minimum atomic E-state index is 0.427. The van der Waals surface area contributed by atoms with Crippen LogP contribution in [-0.4, -0.2) is 32.1 Å². The van der Waals surface area contributed by atoms with Gasteiger partial charge in [-0.1, -0.05) is 38.1 Å². The van der Waals surface area contributed by atoms with E-state index in [1.807, 2.05) is 0 Å². The molecule has 2 heteroatoms. The van der Waals surface area contributed by atoms with Crippen molar-refractivity contribution in [1.29, 1.82) is 0 Å². The predicted octanol–water partition coefficient (Wildman–Crippen LogP) is 3.02. The molecule has 1 atom stereocenters. The number of rotatable bonds is 6.